The molecule has 25 heavy (non-hydrogen) atoms. The normalized spacial score (nSPS) is 10.4. The number of nitrogens with one attached hydrogen (secondary N) is 1. The minimum atomic E-state index is -0.299. The third-order valence-electron chi connectivity index (χ3n) is 3.50. The lowest BCUT2D eigenvalue weighted by Crippen LogP contribution is -2.10. The Balaban J connectivity index is 1.60. The first-order chi connectivity index (χ1) is 12.1. The second kappa shape index (κ2) is 7.85. The molecule has 3 rings (SSSR count). The lowest BCUT2D eigenvalue weighted by Gasteiger charge is -2.08. The summed E-state index contributed by atoms with van der Waals surface area (Å²) in [4.78, 5) is 24.1. The van der Waals surface area contributed by atoms with Crippen LogP contribution >= 0.6 is 11.8 Å². The maximum atomic E-state index is 12.1. The van der Waals surface area contributed by atoms with Crippen LogP contribution in [0.25, 0.3) is 10.8 Å². The smallest absolute Gasteiger partial charge is 0.321 e. The zero-order valence-corrected chi connectivity index (χ0v) is 14.5. The first kappa shape index (κ1) is 17.0. The summed E-state index contributed by atoms with van der Waals surface area (Å²) in [5.74, 6) is 0.374. The molecule has 0 aromatic heterocycles. The fourth-order valence-corrected chi connectivity index (χ4v) is 3.09. The number of anilines is 1. The van der Waals surface area contributed by atoms with Gasteiger partial charge in [0, 0.05) is 22.9 Å². The topological polar surface area (TPSA) is 55.4 Å². The summed E-state index contributed by atoms with van der Waals surface area (Å²) in [6.07, 6.45) is 0. The van der Waals surface area contributed by atoms with Gasteiger partial charge in [-0.1, -0.05) is 36.4 Å². The van der Waals surface area contributed by atoms with Crippen LogP contribution in [0.15, 0.2) is 71.6 Å². The molecule has 0 radical (unpaired) electrons. The Bertz CT molecular complexity index is 901. The van der Waals surface area contributed by atoms with Gasteiger partial charge in [0.05, 0.1) is 5.75 Å². The van der Waals surface area contributed by atoms with Gasteiger partial charge in [0.25, 0.3) is 0 Å². The Morgan fingerprint density at radius 1 is 0.960 bits per heavy atom. The lowest BCUT2D eigenvalue weighted by atomic mass is 10.1. The highest BCUT2D eigenvalue weighted by atomic mass is 32.2. The van der Waals surface area contributed by atoms with Crippen molar-refractivity contribution in [1.29, 1.82) is 0 Å². The van der Waals surface area contributed by atoms with Gasteiger partial charge >= 0.3 is 5.97 Å². The molecular weight excluding hydrogens is 334 g/mol. The van der Waals surface area contributed by atoms with Gasteiger partial charge in [-0.3, -0.25) is 9.59 Å². The Morgan fingerprint density at radius 2 is 1.68 bits per heavy atom. The molecule has 0 bridgehead atoms. The number of ether oxygens (including phenoxy) is 1. The van der Waals surface area contributed by atoms with Crippen molar-refractivity contribution in [3.8, 4) is 5.75 Å². The third kappa shape index (κ3) is 4.61. The number of esters is 1. The van der Waals surface area contributed by atoms with Crippen LogP contribution in [0.5, 0.6) is 5.75 Å². The van der Waals surface area contributed by atoms with E-state index in [1.54, 1.807) is 18.2 Å². The van der Waals surface area contributed by atoms with Crippen LogP contribution in [0.3, 0.4) is 0 Å². The van der Waals surface area contributed by atoms with E-state index in [4.69, 9.17) is 4.74 Å². The molecule has 0 saturated carbocycles. The average Bonchev–Trinajstić information content (AvgIpc) is 2.61. The maximum Gasteiger partial charge on any atom is 0.321 e. The van der Waals surface area contributed by atoms with E-state index in [0.717, 1.165) is 21.4 Å². The van der Waals surface area contributed by atoms with Crippen LogP contribution in [-0.2, 0) is 9.59 Å². The van der Waals surface area contributed by atoms with Crippen LogP contribution < -0.4 is 10.1 Å². The number of amides is 1. The second-order valence-electron chi connectivity index (χ2n) is 5.45. The number of thioether (sulfide) groups is 1. The lowest BCUT2D eigenvalue weighted by molar-refractivity contribution is -0.131. The van der Waals surface area contributed by atoms with E-state index < -0.39 is 0 Å². The molecule has 0 spiro atoms. The molecule has 0 saturated heterocycles. The van der Waals surface area contributed by atoms with Crippen molar-refractivity contribution < 1.29 is 14.3 Å². The van der Waals surface area contributed by atoms with Gasteiger partial charge in [0.1, 0.15) is 5.75 Å². The molecule has 0 heterocycles. The van der Waals surface area contributed by atoms with E-state index >= 15 is 0 Å². The van der Waals surface area contributed by atoms with E-state index in [1.165, 1.54) is 18.7 Å². The summed E-state index contributed by atoms with van der Waals surface area (Å²) >= 11 is 1.39. The second-order valence-corrected chi connectivity index (χ2v) is 6.49. The highest BCUT2D eigenvalue weighted by molar-refractivity contribution is 8.00. The first-order valence-corrected chi connectivity index (χ1v) is 8.79. The number of rotatable bonds is 5. The summed E-state index contributed by atoms with van der Waals surface area (Å²) < 4.78 is 5.51. The minimum Gasteiger partial charge on any atom is -0.425 e. The van der Waals surface area contributed by atoms with E-state index in [-0.39, 0.29) is 17.6 Å². The van der Waals surface area contributed by atoms with Crippen molar-refractivity contribution in [2.45, 2.75) is 11.8 Å². The molecule has 0 aliphatic heterocycles. The summed E-state index contributed by atoms with van der Waals surface area (Å²) in [6.45, 7) is 1.46. The number of carbonyl (C=O) groups excluding carboxylic acids is 2. The molecule has 0 aliphatic carbocycles. The molecule has 3 aromatic rings. The minimum absolute atomic E-state index is 0.112. The summed E-state index contributed by atoms with van der Waals surface area (Å²) in [7, 11) is 0. The van der Waals surface area contributed by atoms with Crippen LogP contribution in [0, 0.1) is 0 Å². The van der Waals surface area contributed by atoms with Crippen LogP contribution in [0.1, 0.15) is 6.92 Å². The zero-order valence-electron chi connectivity index (χ0n) is 13.7. The summed E-state index contributed by atoms with van der Waals surface area (Å²) in [6, 6.07) is 20.8. The maximum absolute atomic E-state index is 12.1. The van der Waals surface area contributed by atoms with E-state index in [0.29, 0.717) is 5.75 Å². The SMILES string of the molecule is CC(=O)Nc1ccc(SCC(=O)Oc2cccc3ccccc23)cc1. The molecule has 0 aliphatic rings. The molecule has 0 fully saturated rings. The first-order valence-electron chi connectivity index (χ1n) is 7.81. The van der Waals surface area contributed by atoms with Crippen molar-refractivity contribution in [3.05, 3.63) is 66.7 Å². The third-order valence-corrected chi connectivity index (χ3v) is 4.49. The fraction of sp³-hybridized carbons (Fsp3) is 0.100. The Morgan fingerprint density at radius 3 is 2.44 bits per heavy atom. The van der Waals surface area contributed by atoms with Gasteiger partial charge < -0.3 is 10.1 Å². The van der Waals surface area contributed by atoms with Crippen LogP contribution in [0.4, 0.5) is 5.69 Å². The van der Waals surface area contributed by atoms with Gasteiger partial charge in [-0.2, -0.15) is 0 Å². The number of fused-ring (bicyclic) bond motifs is 1. The van der Waals surface area contributed by atoms with Crippen molar-refractivity contribution >= 4 is 40.1 Å². The quantitative estimate of drug-likeness (QED) is 0.418. The van der Waals surface area contributed by atoms with E-state index in [2.05, 4.69) is 5.32 Å². The Labute approximate surface area is 150 Å². The number of carbonyl (C=O) groups is 2. The fourth-order valence-electron chi connectivity index (χ4n) is 2.42. The van der Waals surface area contributed by atoms with Crippen molar-refractivity contribution in [2.24, 2.45) is 0 Å². The number of hydrogen-bond acceptors (Lipinski definition) is 4. The molecular formula is C20H17NO3S. The zero-order chi connectivity index (χ0) is 17.6. The van der Waals surface area contributed by atoms with Crippen molar-refractivity contribution in [3.63, 3.8) is 0 Å². The van der Waals surface area contributed by atoms with E-state index in [1.807, 2.05) is 48.5 Å². The molecule has 0 unspecified atom stereocenters. The predicted molar refractivity (Wildman–Crippen MR) is 101 cm³/mol. The van der Waals surface area contributed by atoms with Crippen LogP contribution in [0.2, 0.25) is 0 Å². The van der Waals surface area contributed by atoms with Crippen molar-refractivity contribution in [1.82, 2.24) is 0 Å². The standard InChI is InChI=1S/C20H17NO3S/c1-14(22)21-16-9-11-17(12-10-16)25-13-20(23)24-19-8-4-6-15-5-2-3-7-18(15)19/h2-12H,13H2,1H3,(H,21,22). The van der Waals surface area contributed by atoms with Gasteiger partial charge in [-0.05, 0) is 35.7 Å². The van der Waals surface area contributed by atoms with Gasteiger partial charge in [-0.25, -0.2) is 0 Å². The largest absolute Gasteiger partial charge is 0.425 e. The van der Waals surface area contributed by atoms with E-state index in [9.17, 15) is 9.59 Å². The van der Waals surface area contributed by atoms with Gasteiger partial charge in [0.15, 0.2) is 0 Å². The van der Waals surface area contributed by atoms with Crippen molar-refractivity contribution in [2.75, 3.05) is 11.1 Å². The molecule has 1 amide bonds. The van der Waals surface area contributed by atoms with Gasteiger partial charge in [-0.15, -0.1) is 11.8 Å². The summed E-state index contributed by atoms with van der Waals surface area (Å²) in [5.41, 5.74) is 0.732. The number of hydrogen-bond donors (Lipinski definition) is 1. The molecule has 4 nitrogen and oxygen atoms in total. The van der Waals surface area contributed by atoms with Gasteiger partial charge in [0.2, 0.25) is 5.91 Å². The highest BCUT2D eigenvalue weighted by Crippen LogP contribution is 2.26. The molecule has 1 N–H and O–H groups in total. The molecule has 0 atom stereocenters. The summed E-state index contributed by atoms with van der Waals surface area (Å²) in [5, 5.41) is 4.66. The highest BCUT2D eigenvalue weighted by Gasteiger charge is 2.09. The Hall–Kier alpha value is -2.79. The molecule has 5 heteroatoms. The monoisotopic (exact) mass is 351 g/mol. The molecule has 3 aromatic carbocycles. The molecule has 126 valence electrons. The Kier molecular flexibility index (Phi) is 5.36. The number of benzene rings is 3. The van der Waals surface area contributed by atoms with Crippen LogP contribution in [-0.4, -0.2) is 17.6 Å². The predicted octanol–water partition coefficient (Wildman–Crippen LogP) is 4.50. The average molecular weight is 351 g/mol.